The topological polar surface area (TPSA) is 66.9 Å². The Bertz CT molecular complexity index is 242. The van der Waals surface area contributed by atoms with Gasteiger partial charge < -0.3 is 5.73 Å². The van der Waals surface area contributed by atoms with Crippen molar-refractivity contribution in [1.82, 2.24) is 0 Å². The predicted octanol–water partition coefficient (Wildman–Crippen LogP) is 1.28. The largest absolute Gasteiger partial charge is 0.365 e. The highest BCUT2D eigenvalue weighted by atomic mass is 32.2. The molecular formula is C7H10N2OS2. The minimum absolute atomic E-state index is 0.0585. The van der Waals surface area contributed by atoms with Crippen LogP contribution in [0, 0.1) is 11.3 Å². The molecule has 0 aromatic rings. The van der Waals surface area contributed by atoms with Crippen molar-refractivity contribution in [3.63, 3.8) is 0 Å². The third kappa shape index (κ3) is 3.69. The second kappa shape index (κ2) is 5.98. The third-order valence-electron chi connectivity index (χ3n) is 1.01. The summed E-state index contributed by atoms with van der Waals surface area (Å²) in [6, 6.07) is 1.72. The van der Waals surface area contributed by atoms with Gasteiger partial charge in [-0.25, -0.2) is 0 Å². The van der Waals surface area contributed by atoms with Gasteiger partial charge in [0.05, 0.1) is 4.24 Å². The molecule has 1 amide bonds. The summed E-state index contributed by atoms with van der Waals surface area (Å²) in [5.41, 5.74) is 4.88. The van der Waals surface area contributed by atoms with Crippen LogP contribution in [0.5, 0.6) is 0 Å². The maximum absolute atomic E-state index is 10.6. The van der Waals surface area contributed by atoms with Crippen molar-refractivity contribution in [1.29, 1.82) is 5.26 Å². The summed E-state index contributed by atoms with van der Waals surface area (Å²) >= 11 is 5.36. The lowest BCUT2D eigenvalue weighted by Gasteiger charge is -1.99. The van der Waals surface area contributed by atoms with Crippen LogP contribution < -0.4 is 5.73 Å². The lowest BCUT2D eigenvalue weighted by molar-refractivity contribution is -0.114. The molecule has 0 spiro atoms. The summed E-state index contributed by atoms with van der Waals surface area (Å²) in [6.45, 7) is 2.00. The molecule has 0 aliphatic carbocycles. The molecule has 0 aromatic carbocycles. The number of carbonyl (C=O) groups excluding carboxylic acids is 1. The van der Waals surface area contributed by atoms with Gasteiger partial charge in [0, 0.05) is 0 Å². The Balaban J connectivity index is 4.42. The van der Waals surface area contributed by atoms with Crippen LogP contribution in [0.3, 0.4) is 0 Å². The van der Waals surface area contributed by atoms with Gasteiger partial charge in [0.1, 0.15) is 11.6 Å². The number of amides is 1. The van der Waals surface area contributed by atoms with Crippen LogP contribution >= 0.6 is 24.4 Å². The molecule has 0 aromatic heterocycles. The van der Waals surface area contributed by atoms with Gasteiger partial charge in [-0.2, -0.15) is 5.26 Å². The summed E-state index contributed by atoms with van der Waals surface area (Å²) in [6.07, 6.45) is 0.964. The van der Waals surface area contributed by atoms with E-state index in [2.05, 4.69) is 12.6 Å². The van der Waals surface area contributed by atoms with Gasteiger partial charge in [0.2, 0.25) is 0 Å². The van der Waals surface area contributed by atoms with Crippen LogP contribution in [0.15, 0.2) is 9.81 Å². The normalized spacial score (nSPS) is 11.8. The minimum Gasteiger partial charge on any atom is -0.365 e. The van der Waals surface area contributed by atoms with Crippen LogP contribution in [0.4, 0.5) is 0 Å². The van der Waals surface area contributed by atoms with Gasteiger partial charge >= 0.3 is 0 Å². The molecule has 0 aliphatic rings. The van der Waals surface area contributed by atoms with E-state index in [1.165, 1.54) is 11.8 Å². The molecule has 66 valence electrons. The van der Waals surface area contributed by atoms with Crippen molar-refractivity contribution in [2.45, 2.75) is 13.3 Å². The number of nitrogens with two attached hydrogens (primary N) is 1. The van der Waals surface area contributed by atoms with Crippen molar-refractivity contribution < 1.29 is 4.79 Å². The molecule has 0 bridgehead atoms. The molecule has 3 nitrogen and oxygen atoms in total. The Morgan fingerprint density at radius 1 is 1.75 bits per heavy atom. The number of nitrogens with zero attached hydrogens (tertiary/aromatic N) is 1. The fraction of sp³-hybridized carbons (Fsp3) is 0.429. The first-order chi connectivity index (χ1) is 5.63. The Morgan fingerprint density at radius 2 is 2.33 bits per heavy atom. The first kappa shape index (κ1) is 11.4. The summed E-state index contributed by atoms with van der Waals surface area (Å²) < 4.78 is 0.409. The second-order valence-corrected chi connectivity index (χ2v) is 3.86. The zero-order valence-electron chi connectivity index (χ0n) is 6.70. The number of rotatable bonds is 4. The number of hydrogen-bond donors (Lipinski definition) is 2. The van der Waals surface area contributed by atoms with Crippen molar-refractivity contribution in [3.05, 3.63) is 9.81 Å². The Hall–Kier alpha value is -0.600. The smallest absolute Gasteiger partial charge is 0.261 e. The molecule has 0 atom stereocenters. The minimum atomic E-state index is -0.717. The quantitative estimate of drug-likeness (QED) is 0.410. The fourth-order valence-corrected chi connectivity index (χ4v) is 1.60. The molecule has 2 N–H and O–H groups in total. The maximum Gasteiger partial charge on any atom is 0.261 e. The molecule has 0 saturated heterocycles. The number of carbonyl (C=O) groups is 1. The number of nitriles is 1. The summed E-state index contributed by atoms with van der Waals surface area (Å²) in [5.74, 6) is 0.114. The molecule has 0 saturated carbocycles. The Kier molecular flexibility index (Phi) is 5.68. The van der Waals surface area contributed by atoms with Crippen LogP contribution in [0.2, 0.25) is 0 Å². The second-order valence-electron chi connectivity index (χ2n) is 2.00. The third-order valence-corrected chi connectivity index (χ3v) is 2.72. The van der Waals surface area contributed by atoms with Crippen LogP contribution in [0.1, 0.15) is 13.3 Å². The average Bonchev–Trinajstić information content (AvgIpc) is 2.01. The van der Waals surface area contributed by atoms with E-state index in [4.69, 9.17) is 11.0 Å². The molecule has 0 radical (unpaired) electrons. The number of thiol groups is 1. The van der Waals surface area contributed by atoms with Crippen molar-refractivity contribution >= 4 is 30.3 Å². The molecule has 0 aliphatic heterocycles. The van der Waals surface area contributed by atoms with E-state index in [0.29, 0.717) is 4.24 Å². The van der Waals surface area contributed by atoms with E-state index >= 15 is 0 Å². The van der Waals surface area contributed by atoms with Gasteiger partial charge in [-0.3, -0.25) is 4.79 Å². The zero-order valence-corrected chi connectivity index (χ0v) is 8.41. The highest BCUT2D eigenvalue weighted by Gasteiger charge is 2.08. The molecular weight excluding hydrogens is 192 g/mol. The lowest BCUT2D eigenvalue weighted by atomic mass is 10.3. The number of hydrogen-bond acceptors (Lipinski definition) is 4. The van der Waals surface area contributed by atoms with Crippen LogP contribution in [-0.4, -0.2) is 11.7 Å². The van der Waals surface area contributed by atoms with E-state index < -0.39 is 5.91 Å². The first-order valence-corrected chi connectivity index (χ1v) is 4.82. The highest BCUT2D eigenvalue weighted by Crippen LogP contribution is 2.23. The lowest BCUT2D eigenvalue weighted by Crippen LogP contribution is -2.13. The predicted molar refractivity (Wildman–Crippen MR) is 53.6 cm³/mol. The van der Waals surface area contributed by atoms with E-state index in [1.54, 1.807) is 6.07 Å². The summed E-state index contributed by atoms with van der Waals surface area (Å²) in [5, 5.41) is 8.50. The van der Waals surface area contributed by atoms with Crippen LogP contribution in [-0.2, 0) is 4.79 Å². The summed E-state index contributed by atoms with van der Waals surface area (Å²) in [7, 11) is 0. The van der Waals surface area contributed by atoms with Gasteiger partial charge in [-0.15, -0.1) is 24.4 Å². The molecule has 0 rings (SSSR count). The number of thioether (sulfide) groups is 1. The average molecular weight is 202 g/mol. The zero-order chi connectivity index (χ0) is 9.56. The van der Waals surface area contributed by atoms with E-state index in [0.717, 1.165) is 12.2 Å². The van der Waals surface area contributed by atoms with Crippen molar-refractivity contribution in [2.75, 3.05) is 5.75 Å². The standard InChI is InChI=1S/C7H10N2OS2/c1-2-3-12-7(11)5(4-8)6(9)10/h11H,2-3H2,1H3,(H2,9,10). The summed E-state index contributed by atoms with van der Waals surface area (Å²) in [4.78, 5) is 10.6. The van der Waals surface area contributed by atoms with Gasteiger partial charge in [-0.05, 0) is 12.2 Å². The molecule has 12 heavy (non-hydrogen) atoms. The Labute approximate surface area is 81.4 Å². The maximum atomic E-state index is 10.6. The van der Waals surface area contributed by atoms with E-state index in [9.17, 15) is 4.79 Å². The molecule has 0 heterocycles. The number of primary amides is 1. The first-order valence-electron chi connectivity index (χ1n) is 3.39. The van der Waals surface area contributed by atoms with Gasteiger partial charge in [0.15, 0.2) is 0 Å². The fourth-order valence-electron chi connectivity index (χ4n) is 0.479. The monoisotopic (exact) mass is 202 g/mol. The highest BCUT2D eigenvalue weighted by molar-refractivity contribution is 8.15. The van der Waals surface area contributed by atoms with Crippen molar-refractivity contribution in [3.8, 4) is 6.07 Å². The molecule has 5 heteroatoms. The van der Waals surface area contributed by atoms with Crippen LogP contribution in [0.25, 0.3) is 0 Å². The van der Waals surface area contributed by atoms with Gasteiger partial charge in [0.25, 0.3) is 5.91 Å². The van der Waals surface area contributed by atoms with E-state index in [1.807, 2.05) is 6.92 Å². The molecule has 0 fully saturated rings. The van der Waals surface area contributed by atoms with Gasteiger partial charge in [-0.1, -0.05) is 6.92 Å². The van der Waals surface area contributed by atoms with E-state index in [-0.39, 0.29) is 5.57 Å². The molecule has 0 unspecified atom stereocenters. The SMILES string of the molecule is CCCSC(S)=C(C#N)C(N)=O. The van der Waals surface area contributed by atoms with Crippen molar-refractivity contribution in [2.24, 2.45) is 5.73 Å². The Morgan fingerprint density at radius 3 is 2.67 bits per heavy atom.